The van der Waals surface area contributed by atoms with E-state index in [9.17, 15) is 0 Å². The summed E-state index contributed by atoms with van der Waals surface area (Å²) in [6.45, 7) is 4.35. The van der Waals surface area contributed by atoms with Crippen LogP contribution in [0, 0.1) is 0 Å². The van der Waals surface area contributed by atoms with Crippen LogP contribution in [0.3, 0.4) is 0 Å². The molecule has 0 aliphatic rings. The Bertz CT molecular complexity index is 960. The second-order valence-electron chi connectivity index (χ2n) is 8.19. The van der Waals surface area contributed by atoms with Crippen LogP contribution in [0.2, 0.25) is 13.1 Å². The molecule has 0 bridgehead atoms. The summed E-state index contributed by atoms with van der Waals surface area (Å²) in [5.74, 6) is 0. The number of benzene rings is 4. The first kappa shape index (κ1) is 19.8. The van der Waals surface area contributed by atoms with Crippen LogP contribution >= 0.6 is 11.1 Å². The molecule has 0 N–H and O–H groups in total. The van der Waals surface area contributed by atoms with Crippen molar-refractivity contribution in [2.45, 2.75) is 13.1 Å². The van der Waals surface area contributed by atoms with Crippen LogP contribution in [-0.4, -0.2) is 13.5 Å². The van der Waals surface area contributed by atoms with Crippen molar-refractivity contribution in [3.63, 3.8) is 0 Å². The predicted molar refractivity (Wildman–Crippen MR) is 133 cm³/mol. The maximum absolute atomic E-state index is 6.72. The van der Waals surface area contributed by atoms with Crippen molar-refractivity contribution in [1.29, 1.82) is 0 Å². The minimum absolute atomic E-state index is 1.27. The van der Waals surface area contributed by atoms with Gasteiger partial charge in [0.2, 0.25) is 0 Å². The molecule has 0 aliphatic carbocycles. The van der Waals surface area contributed by atoms with Gasteiger partial charge in [-0.1, -0.05) is 128 Å². The van der Waals surface area contributed by atoms with E-state index in [-0.39, 0.29) is 0 Å². The monoisotopic (exact) mass is 411 g/mol. The maximum Gasteiger partial charge on any atom is 0.180 e. The molecule has 0 nitrogen and oxygen atoms in total. The highest BCUT2D eigenvalue weighted by Gasteiger charge is 2.31. The Morgan fingerprint density at radius 3 is 1.10 bits per heavy atom. The topological polar surface area (TPSA) is 0 Å². The summed E-state index contributed by atoms with van der Waals surface area (Å²) in [7, 11) is -1.87. The van der Waals surface area contributed by atoms with E-state index >= 15 is 0 Å². The lowest BCUT2D eigenvalue weighted by molar-refractivity contribution is 1.67. The molecule has 0 amide bonds. The van der Waals surface area contributed by atoms with Crippen LogP contribution in [0.5, 0.6) is 0 Å². The summed E-state index contributed by atoms with van der Waals surface area (Å²) >= 11 is 6.72. The summed E-state index contributed by atoms with van der Waals surface area (Å²) in [4.78, 5) is 0. The lowest BCUT2D eigenvalue weighted by Crippen LogP contribution is -2.74. The molecule has 3 heteroatoms. The first-order valence-electron chi connectivity index (χ1n) is 10.1. The van der Waals surface area contributed by atoms with Crippen molar-refractivity contribution in [2.24, 2.45) is 0 Å². The predicted octanol–water partition coefficient (Wildman–Crippen LogP) is 3.71. The van der Waals surface area contributed by atoms with E-state index < -0.39 is 13.5 Å². The van der Waals surface area contributed by atoms with Crippen LogP contribution in [0.4, 0.5) is 0 Å². The van der Waals surface area contributed by atoms with Gasteiger partial charge in [0.05, 0.1) is 0 Å². The molecule has 0 saturated heterocycles. The maximum atomic E-state index is 6.72. The zero-order valence-corrected chi connectivity index (χ0v) is 18.7. The fraction of sp³-hybridized carbons (Fsp3) is 0.0769. The molecule has 0 heterocycles. The summed E-state index contributed by atoms with van der Waals surface area (Å²) in [5, 5.41) is 1.27. The molecule has 4 rings (SSSR count). The fourth-order valence-electron chi connectivity index (χ4n) is 4.55. The summed E-state index contributed by atoms with van der Waals surface area (Å²) < 4.78 is 0. The number of hydrogen-bond donors (Lipinski definition) is 0. The van der Waals surface area contributed by atoms with Crippen molar-refractivity contribution in [1.82, 2.24) is 0 Å². The van der Waals surface area contributed by atoms with E-state index in [1.807, 2.05) is 0 Å². The molecule has 0 fully saturated rings. The van der Waals surface area contributed by atoms with Gasteiger partial charge in [-0.25, -0.2) is 0 Å². The Hall–Kier alpha value is -2.55. The average molecular weight is 412 g/mol. The minimum Gasteiger partial charge on any atom is -0.195 e. The normalized spacial score (nSPS) is 12.0. The third-order valence-electron chi connectivity index (χ3n) is 6.00. The van der Waals surface area contributed by atoms with Crippen LogP contribution in [0.25, 0.3) is 0 Å². The molecule has 4 aromatic carbocycles. The molecule has 29 heavy (non-hydrogen) atoms. The molecular weight excluding hydrogens is 387 g/mol. The molecule has 0 saturated carbocycles. The van der Waals surface area contributed by atoms with Gasteiger partial charge >= 0.3 is 0 Å². The molecule has 144 valence electrons. The van der Waals surface area contributed by atoms with Crippen LogP contribution in [0.1, 0.15) is 0 Å². The van der Waals surface area contributed by atoms with Gasteiger partial charge in [-0.15, -0.1) is 0 Å². The molecule has 0 aromatic heterocycles. The van der Waals surface area contributed by atoms with Gasteiger partial charge in [-0.2, -0.15) is 32.9 Å². The van der Waals surface area contributed by atoms with Gasteiger partial charge < -0.3 is 0 Å². The molecular formula is C26H25BClSi-. The minimum atomic E-state index is -1.87. The Balaban J connectivity index is 2.06. The van der Waals surface area contributed by atoms with Crippen molar-refractivity contribution < 1.29 is 0 Å². The molecule has 0 unspecified atom stereocenters. The van der Waals surface area contributed by atoms with Gasteiger partial charge in [0.15, 0.2) is 7.38 Å². The first-order valence-corrected chi connectivity index (χ1v) is 14.2. The van der Waals surface area contributed by atoms with Gasteiger partial charge in [-0.05, 0) is 5.19 Å². The SMILES string of the molecule is C[Si](C)(Cl)c1ccc([B-](c2ccccc2)(c2ccccc2)c2ccccc2)cc1. The standard InChI is InChI=1S/C26H25BClSi/c1-29(2,28)26-20-18-25(19-21-26)27(22-12-6-3-7-13-22,23-14-8-4-9-15-23)24-16-10-5-11-17-24/h3-21H,1-2H3/q-1. The quantitative estimate of drug-likeness (QED) is 0.347. The van der Waals surface area contributed by atoms with E-state index in [2.05, 4.69) is 128 Å². The second-order valence-corrected chi connectivity index (χ2v) is 14.5. The van der Waals surface area contributed by atoms with E-state index in [0.29, 0.717) is 0 Å². The fourth-order valence-corrected chi connectivity index (χ4v) is 5.89. The summed E-state index contributed by atoms with van der Waals surface area (Å²) in [5.41, 5.74) is 5.27. The third kappa shape index (κ3) is 3.71. The smallest absolute Gasteiger partial charge is 0.180 e. The number of halogens is 1. The van der Waals surface area contributed by atoms with Crippen molar-refractivity contribution in [3.8, 4) is 0 Å². The van der Waals surface area contributed by atoms with Crippen molar-refractivity contribution >= 4 is 51.6 Å². The molecule has 0 atom stereocenters. The van der Waals surface area contributed by atoms with E-state index in [1.54, 1.807) is 0 Å². The summed E-state index contributed by atoms with van der Waals surface area (Å²) in [6.07, 6.45) is -1.30. The second kappa shape index (κ2) is 8.06. The largest absolute Gasteiger partial charge is 0.195 e. The van der Waals surface area contributed by atoms with E-state index in [4.69, 9.17) is 11.1 Å². The Kier molecular flexibility index (Phi) is 5.49. The molecule has 4 aromatic rings. The Labute approximate surface area is 179 Å². The van der Waals surface area contributed by atoms with Crippen molar-refractivity contribution in [2.75, 3.05) is 0 Å². The van der Waals surface area contributed by atoms with Gasteiger partial charge in [0, 0.05) is 0 Å². The highest BCUT2D eigenvalue weighted by atomic mass is 35.6. The molecule has 0 aliphatic heterocycles. The number of hydrogen-bond acceptors (Lipinski definition) is 0. The van der Waals surface area contributed by atoms with Gasteiger partial charge in [-0.3, -0.25) is 0 Å². The Morgan fingerprint density at radius 2 is 0.793 bits per heavy atom. The van der Waals surface area contributed by atoms with Gasteiger partial charge in [0.25, 0.3) is 0 Å². The lowest BCUT2D eigenvalue weighted by atomic mass is 9.13. The van der Waals surface area contributed by atoms with Gasteiger partial charge in [0.1, 0.15) is 6.15 Å². The average Bonchev–Trinajstić information content (AvgIpc) is 2.76. The highest BCUT2D eigenvalue weighted by molar-refractivity contribution is 7.26. The zero-order chi connectivity index (χ0) is 20.3. The van der Waals surface area contributed by atoms with Crippen LogP contribution in [-0.2, 0) is 0 Å². The Morgan fingerprint density at radius 1 is 0.483 bits per heavy atom. The third-order valence-corrected chi connectivity index (χ3v) is 8.36. The van der Waals surface area contributed by atoms with Crippen LogP contribution < -0.4 is 27.0 Å². The van der Waals surface area contributed by atoms with Crippen molar-refractivity contribution in [3.05, 3.63) is 115 Å². The first-order chi connectivity index (χ1) is 14.0. The molecule has 0 spiro atoms. The van der Waals surface area contributed by atoms with Crippen LogP contribution in [0.15, 0.2) is 115 Å². The highest BCUT2D eigenvalue weighted by Crippen LogP contribution is 2.11. The molecule has 0 radical (unpaired) electrons. The lowest BCUT2D eigenvalue weighted by Gasteiger charge is -2.44. The number of rotatable bonds is 5. The van der Waals surface area contributed by atoms with E-state index in [0.717, 1.165) is 0 Å². The van der Waals surface area contributed by atoms with E-state index in [1.165, 1.54) is 27.0 Å². The summed E-state index contributed by atoms with van der Waals surface area (Å²) in [6, 6.07) is 41.7. The zero-order valence-electron chi connectivity index (χ0n) is 16.9.